The molecule has 0 aliphatic rings. The summed E-state index contributed by atoms with van der Waals surface area (Å²) in [7, 11) is 0. The molecule has 1 heterocycles. The Bertz CT molecular complexity index is 650. The molecule has 0 radical (unpaired) electrons. The van der Waals surface area contributed by atoms with Crippen molar-refractivity contribution in [3.8, 4) is 11.3 Å². The lowest BCUT2D eigenvalue weighted by atomic mass is 10.1. The predicted molar refractivity (Wildman–Crippen MR) is 74.4 cm³/mol. The molecule has 0 aliphatic carbocycles. The molecule has 94 valence electrons. The van der Waals surface area contributed by atoms with Crippen molar-refractivity contribution in [1.29, 1.82) is 0 Å². The predicted octanol–water partition coefficient (Wildman–Crippen LogP) is 3.61. The average Bonchev–Trinajstić information content (AvgIpc) is 2.35. The minimum atomic E-state index is -0.145. The summed E-state index contributed by atoms with van der Waals surface area (Å²) in [6.45, 7) is 3.65. The summed E-state index contributed by atoms with van der Waals surface area (Å²) in [5.74, 6) is 0.636. The van der Waals surface area contributed by atoms with E-state index in [4.69, 9.17) is 23.2 Å². The zero-order valence-corrected chi connectivity index (χ0v) is 11.6. The van der Waals surface area contributed by atoms with E-state index in [9.17, 15) is 4.79 Å². The van der Waals surface area contributed by atoms with Gasteiger partial charge in [0.05, 0.1) is 10.7 Å². The fourth-order valence-corrected chi connectivity index (χ4v) is 2.07. The average molecular weight is 283 g/mol. The van der Waals surface area contributed by atoms with Gasteiger partial charge in [-0.2, -0.15) is 0 Å². The summed E-state index contributed by atoms with van der Waals surface area (Å²) in [5, 5.41) is 1.09. The van der Waals surface area contributed by atoms with Gasteiger partial charge < -0.3 is 4.98 Å². The summed E-state index contributed by atoms with van der Waals surface area (Å²) in [6, 6.07) is 5.13. The fourth-order valence-electron chi connectivity index (χ4n) is 1.69. The largest absolute Gasteiger partial charge is 0.310 e. The summed E-state index contributed by atoms with van der Waals surface area (Å²) in [4.78, 5) is 19.0. The Balaban J connectivity index is 2.74. The first-order valence-corrected chi connectivity index (χ1v) is 6.33. The number of H-pyrrole nitrogens is 1. The molecular formula is C13H12Cl2N2O. The number of nitrogens with one attached hydrogen (secondary N) is 1. The Hall–Kier alpha value is -1.32. The molecule has 1 N–H and O–H groups in total. The second-order valence-electron chi connectivity index (χ2n) is 3.96. The van der Waals surface area contributed by atoms with Crippen LogP contribution in [0.4, 0.5) is 0 Å². The van der Waals surface area contributed by atoms with Gasteiger partial charge in [-0.05, 0) is 25.1 Å². The van der Waals surface area contributed by atoms with Gasteiger partial charge in [-0.1, -0.05) is 30.1 Å². The van der Waals surface area contributed by atoms with Crippen LogP contribution in [0.2, 0.25) is 10.0 Å². The number of halogens is 2. The molecule has 0 spiro atoms. The van der Waals surface area contributed by atoms with Crippen LogP contribution in [-0.4, -0.2) is 9.97 Å². The lowest BCUT2D eigenvalue weighted by Gasteiger charge is -2.08. The van der Waals surface area contributed by atoms with Crippen molar-refractivity contribution in [2.24, 2.45) is 0 Å². The SMILES string of the molecule is CCc1nc(-c2cc(Cl)ccc2Cl)c(C)c(=O)[nH]1. The number of aryl methyl sites for hydroxylation is 1. The highest BCUT2D eigenvalue weighted by Crippen LogP contribution is 2.30. The number of aromatic amines is 1. The number of rotatable bonds is 2. The maximum atomic E-state index is 11.8. The van der Waals surface area contributed by atoms with Crippen LogP contribution >= 0.6 is 23.2 Å². The Kier molecular flexibility index (Phi) is 3.73. The number of hydrogen-bond acceptors (Lipinski definition) is 2. The highest BCUT2D eigenvalue weighted by atomic mass is 35.5. The lowest BCUT2D eigenvalue weighted by Crippen LogP contribution is -2.15. The Morgan fingerprint density at radius 2 is 2.06 bits per heavy atom. The van der Waals surface area contributed by atoms with Crippen molar-refractivity contribution in [2.45, 2.75) is 20.3 Å². The van der Waals surface area contributed by atoms with E-state index in [0.29, 0.717) is 39.1 Å². The van der Waals surface area contributed by atoms with Crippen molar-refractivity contribution < 1.29 is 0 Å². The van der Waals surface area contributed by atoms with Gasteiger partial charge in [0.1, 0.15) is 5.82 Å². The van der Waals surface area contributed by atoms with E-state index in [2.05, 4.69) is 9.97 Å². The molecule has 5 heteroatoms. The molecule has 1 aromatic carbocycles. The fraction of sp³-hybridized carbons (Fsp3) is 0.231. The third kappa shape index (κ3) is 2.42. The van der Waals surface area contributed by atoms with Gasteiger partial charge in [-0.3, -0.25) is 4.79 Å². The van der Waals surface area contributed by atoms with Crippen LogP contribution in [0.15, 0.2) is 23.0 Å². The van der Waals surface area contributed by atoms with Crippen LogP contribution in [0, 0.1) is 6.92 Å². The molecule has 0 saturated heterocycles. The van der Waals surface area contributed by atoms with Gasteiger partial charge in [0.2, 0.25) is 0 Å². The van der Waals surface area contributed by atoms with Crippen LogP contribution in [0.3, 0.4) is 0 Å². The van der Waals surface area contributed by atoms with Gasteiger partial charge in [0.25, 0.3) is 5.56 Å². The second kappa shape index (κ2) is 5.12. The maximum Gasteiger partial charge on any atom is 0.254 e. The van der Waals surface area contributed by atoms with Crippen LogP contribution < -0.4 is 5.56 Å². The quantitative estimate of drug-likeness (QED) is 0.915. The molecule has 18 heavy (non-hydrogen) atoms. The normalized spacial score (nSPS) is 10.7. The number of benzene rings is 1. The summed E-state index contributed by atoms with van der Waals surface area (Å²) in [5.41, 5.74) is 1.66. The van der Waals surface area contributed by atoms with E-state index < -0.39 is 0 Å². The first-order chi connectivity index (χ1) is 8.52. The molecule has 2 aromatic rings. The molecule has 0 bridgehead atoms. The highest BCUT2D eigenvalue weighted by Gasteiger charge is 2.12. The maximum absolute atomic E-state index is 11.8. The Morgan fingerprint density at radius 3 is 2.72 bits per heavy atom. The van der Waals surface area contributed by atoms with Gasteiger partial charge in [-0.15, -0.1) is 0 Å². The van der Waals surface area contributed by atoms with E-state index in [1.54, 1.807) is 25.1 Å². The van der Waals surface area contributed by atoms with Crippen molar-refractivity contribution in [2.75, 3.05) is 0 Å². The number of aromatic nitrogens is 2. The molecular weight excluding hydrogens is 271 g/mol. The van der Waals surface area contributed by atoms with Crippen LogP contribution in [0.1, 0.15) is 18.3 Å². The Labute approximate surface area is 115 Å². The zero-order valence-electron chi connectivity index (χ0n) is 10.1. The topological polar surface area (TPSA) is 45.8 Å². The standard InChI is InChI=1S/C13H12Cl2N2O/c1-3-11-16-12(7(2)13(18)17-11)9-6-8(14)4-5-10(9)15/h4-6H,3H2,1-2H3,(H,16,17,18). The zero-order chi connectivity index (χ0) is 13.3. The summed E-state index contributed by atoms with van der Waals surface area (Å²) < 4.78 is 0. The Morgan fingerprint density at radius 1 is 1.33 bits per heavy atom. The molecule has 0 unspecified atom stereocenters. The molecule has 0 fully saturated rings. The van der Waals surface area contributed by atoms with E-state index in [-0.39, 0.29) is 5.56 Å². The monoisotopic (exact) mass is 282 g/mol. The van der Waals surface area contributed by atoms with Crippen molar-refractivity contribution in [1.82, 2.24) is 9.97 Å². The summed E-state index contributed by atoms with van der Waals surface area (Å²) in [6.07, 6.45) is 0.653. The molecule has 0 saturated carbocycles. The van der Waals surface area contributed by atoms with Crippen molar-refractivity contribution in [3.05, 3.63) is 50.0 Å². The number of hydrogen-bond donors (Lipinski definition) is 1. The molecule has 0 atom stereocenters. The van der Waals surface area contributed by atoms with Crippen LogP contribution in [-0.2, 0) is 6.42 Å². The molecule has 2 rings (SSSR count). The summed E-state index contributed by atoms with van der Waals surface area (Å²) >= 11 is 12.1. The molecule has 0 amide bonds. The number of nitrogens with zero attached hydrogens (tertiary/aromatic N) is 1. The van der Waals surface area contributed by atoms with Crippen LogP contribution in [0.5, 0.6) is 0 Å². The van der Waals surface area contributed by atoms with E-state index in [1.807, 2.05) is 6.92 Å². The van der Waals surface area contributed by atoms with E-state index in [1.165, 1.54) is 0 Å². The third-order valence-electron chi connectivity index (χ3n) is 2.72. The second-order valence-corrected chi connectivity index (χ2v) is 4.81. The first-order valence-electron chi connectivity index (χ1n) is 5.58. The first kappa shape index (κ1) is 13.1. The van der Waals surface area contributed by atoms with Gasteiger partial charge in [-0.25, -0.2) is 4.98 Å². The van der Waals surface area contributed by atoms with E-state index in [0.717, 1.165) is 0 Å². The minimum absolute atomic E-state index is 0.145. The van der Waals surface area contributed by atoms with Gasteiger partial charge in [0.15, 0.2) is 0 Å². The van der Waals surface area contributed by atoms with Gasteiger partial charge in [0, 0.05) is 22.6 Å². The van der Waals surface area contributed by atoms with E-state index >= 15 is 0 Å². The third-order valence-corrected chi connectivity index (χ3v) is 3.28. The van der Waals surface area contributed by atoms with Crippen LogP contribution in [0.25, 0.3) is 11.3 Å². The minimum Gasteiger partial charge on any atom is -0.310 e. The molecule has 3 nitrogen and oxygen atoms in total. The van der Waals surface area contributed by atoms with Crippen molar-refractivity contribution >= 4 is 23.2 Å². The smallest absolute Gasteiger partial charge is 0.254 e. The van der Waals surface area contributed by atoms with Crippen molar-refractivity contribution in [3.63, 3.8) is 0 Å². The molecule has 0 aliphatic heterocycles. The molecule has 1 aromatic heterocycles. The lowest BCUT2D eigenvalue weighted by molar-refractivity contribution is 0.912. The highest BCUT2D eigenvalue weighted by molar-refractivity contribution is 6.35. The van der Waals surface area contributed by atoms with Gasteiger partial charge >= 0.3 is 0 Å².